The number of piperidine rings is 3. The fraction of sp³-hybridized carbons (Fsp3) is 0.652. The number of fused-ring (bicyclic) bond motifs is 3. The lowest BCUT2D eigenvalue weighted by Crippen LogP contribution is -2.56. The van der Waals surface area contributed by atoms with Crippen molar-refractivity contribution in [2.75, 3.05) is 19.6 Å². The Balaban J connectivity index is 1.22. The Morgan fingerprint density at radius 1 is 1.28 bits per heavy atom. The molecule has 2 aromatic rings. The summed E-state index contributed by atoms with van der Waals surface area (Å²) in [5.41, 5.74) is 2.22. The van der Waals surface area contributed by atoms with Crippen LogP contribution in [0, 0.1) is 11.8 Å². The highest BCUT2D eigenvalue weighted by Crippen LogP contribution is 2.42. The SMILES string of the molecule is Cn1nc(-c2ccco2)cc1[C@H]1CN2CC[C@H]1C[C@@H]2CNC(=O)C1CCCCC1. The molecule has 1 saturated carbocycles. The number of furan rings is 1. The molecular formula is C23H32N4O2. The molecule has 0 radical (unpaired) electrons. The molecule has 6 rings (SSSR count). The molecule has 6 nitrogen and oxygen atoms in total. The van der Waals surface area contributed by atoms with Gasteiger partial charge in [-0.25, -0.2) is 0 Å². The molecule has 0 spiro atoms. The zero-order chi connectivity index (χ0) is 19.8. The van der Waals surface area contributed by atoms with E-state index in [4.69, 9.17) is 4.42 Å². The summed E-state index contributed by atoms with van der Waals surface area (Å²) in [5.74, 6) is 2.54. The normalized spacial score (nSPS) is 29.8. The van der Waals surface area contributed by atoms with Gasteiger partial charge in [-0.05, 0) is 56.3 Å². The maximum Gasteiger partial charge on any atom is 0.223 e. The molecule has 4 atom stereocenters. The summed E-state index contributed by atoms with van der Waals surface area (Å²) in [4.78, 5) is 15.1. The molecule has 4 fully saturated rings. The number of nitrogens with one attached hydrogen (secondary N) is 1. The third-order valence-corrected chi connectivity index (χ3v) is 7.44. The highest BCUT2D eigenvalue weighted by Gasteiger charge is 2.42. The molecule has 2 aromatic heterocycles. The van der Waals surface area contributed by atoms with Crippen LogP contribution in [0.25, 0.3) is 11.5 Å². The summed E-state index contributed by atoms with van der Waals surface area (Å²) in [6, 6.07) is 6.55. The maximum absolute atomic E-state index is 12.5. The molecule has 29 heavy (non-hydrogen) atoms. The lowest BCUT2D eigenvalue weighted by Gasteiger charge is -2.50. The molecule has 0 aromatic carbocycles. The van der Waals surface area contributed by atoms with Crippen LogP contribution in [0.2, 0.25) is 0 Å². The number of aryl methyl sites for hydroxylation is 1. The van der Waals surface area contributed by atoms with Crippen molar-refractivity contribution in [1.29, 1.82) is 0 Å². The fourth-order valence-electron chi connectivity index (χ4n) is 5.79. The second kappa shape index (κ2) is 7.98. The lowest BCUT2D eigenvalue weighted by molar-refractivity contribution is -0.126. The second-order valence-electron chi connectivity index (χ2n) is 9.18. The number of aromatic nitrogens is 2. The Kier molecular flexibility index (Phi) is 5.20. The van der Waals surface area contributed by atoms with Crippen molar-refractivity contribution in [3.63, 3.8) is 0 Å². The molecule has 1 aliphatic carbocycles. The van der Waals surface area contributed by atoms with Gasteiger partial charge >= 0.3 is 0 Å². The van der Waals surface area contributed by atoms with Crippen molar-refractivity contribution in [3.05, 3.63) is 30.2 Å². The van der Waals surface area contributed by atoms with Crippen molar-refractivity contribution < 1.29 is 9.21 Å². The third-order valence-electron chi connectivity index (χ3n) is 7.44. The van der Waals surface area contributed by atoms with Gasteiger partial charge in [0, 0.05) is 43.7 Å². The number of rotatable bonds is 5. The summed E-state index contributed by atoms with van der Waals surface area (Å²) < 4.78 is 7.56. The van der Waals surface area contributed by atoms with Gasteiger partial charge in [-0.15, -0.1) is 0 Å². The van der Waals surface area contributed by atoms with Crippen LogP contribution in [-0.2, 0) is 11.8 Å². The van der Waals surface area contributed by atoms with Crippen molar-refractivity contribution in [2.24, 2.45) is 18.9 Å². The molecule has 1 unspecified atom stereocenters. The Morgan fingerprint density at radius 3 is 2.86 bits per heavy atom. The van der Waals surface area contributed by atoms with Gasteiger partial charge in [0.15, 0.2) is 5.76 Å². The molecule has 3 aliphatic heterocycles. The Morgan fingerprint density at radius 2 is 2.14 bits per heavy atom. The van der Waals surface area contributed by atoms with Crippen LogP contribution in [-0.4, -0.2) is 46.3 Å². The highest BCUT2D eigenvalue weighted by molar-refractivity contribution is 5.78. The number of hydrogen-bond acceptors (Lipinski definition) is 4. The topological polar surface area (TPSA) is 63.3 Å². The molecule has 1 amide bonds. The first kappa shape index (κ1) is 18.9. The summed E-state index contributed by atoms with van der Waals surface area (Å²) in [5, 5.41) is 7.97. The van der Waals surface area contributed by atoms with Crippen LogP contribution in [0.4, 0.5) is 0 Å². The van der Waals surface area contributed by atoms with Gasteiger partial charge in [-0.3, -0.25) is 14.4 Å². The molecule has 6 heteroatoms. The van der Waals surface area contributed by atoms with Crippen LogP contribution in [0.5, 0.6) is 0 Å². The number of carbonyl (C=O) groups is 1. The quantitative estimate of drug-likeness (QED) is 0.839. The van der Waals surface area contributed by atoms with E-state index in [0.29, 0.717) is 23.8 Å². The summed E-state index contributed by atoms with van der Waals surface area (Å²) in [7, 11) is 2.04. The zero-order valence-electron chi connectivity index (χ0n) is 17.3. The fourth-order valence-corrected chi connectivity index (χ4v) is 5.79. The van der Waals surface area contributed by atoms with E-state index in [2.05, 4.69) is 21.4 Å². The first-order chi connectivity index (χ1) is 14.2. The van der Waals surface area contributed by atoms with Crippen LogP contribution >= 0.6 is 0 Å². The van der Waals surface area contributed by atoms with Crippen LogP contribution in [0.1, 0.15) is 56.6 Å². The molecular weight excluding hydrogens is 364 g/mol. The van der Waals surface area contributed by atoms with Crippen molar-refractivity contribution in [2.45, 2.75) is 56.9 Å². The molecule has 5 heterocycles. The molecule has 3 saturated heterocycles. The zero-order valence-corrected chi connectivity index (χ0v) is 17.3. The van der Waals surface area contributed by atoms with Crippen molar-refractivity contribution >= 4 is 5.91 Å². The average Bonchev–Trinajstić information content (AvgIpc) is 3.43. The third kappa shape index (κ3) is 3.75. The Hall–Kier alpha value is -2.08. The first-order valence-electron chi connectivity index (χ1n) is 11.3. The van der Waals surface area contributed by atoms with Gasteiger partial charge in [0.05, 0.1) is 6.26 Å². The molecule has 2 bridgehead atoms. The van der Waals surface area contributed by atoms with Gasteiger partial charge in [-0.2, -0.15) is 5.10 Å². The number of nitrogens with zero attached hydrogens (tertiary/aromatic N) is 3. The minimum atomic E-state index is 0.252. The maximum atomic E-state index is 12.5. The van der Waals surface area contributed by atoms with E-state index in [0.717, 1.165) is 50.4 Å². The Bertz CT molecular complexity index is 837. The number of carbonyl (C=O) groups excluding carboxylic acids is 1. The van der Waals surface area contributed by atoms with Gasteiger partial charge < -0.3 is 9.73 Å². The lowest BCUT2D eigenvalue weighted by atomic mass is 9.74. The largest absolute Gasteiger partial charge is 0.463 e. The van der Waals surface area contributed by atoms with Crippen molar-refractivity contribution in [1.82, 2.24) is 20.0 Å². The van der Waals surface area contributed by atoms with Crippen LogP contribution in [0.15, 0.2) is 28.9 Å². The van der Waals surface area contributed by atoms with Crippen LogP contribution < -0.4 is 5.32 Å². The van der Waals surface area contributed by atoms with Gasteiger partial charge in [0.2, 0.25) is 5.91 Å². The van der Waals surface area contributed by atoms with E-state index in [1.807, 2.05) is 23.9 Å². The van der Waals surface area contributed by atoms with Crippen LogP contribution in [0.3, 0.4) is 0 Å². The summed E-state index contributed by atoms with van der Waals surface area (Å²) in [6.07, 6.45) is 9.95. The standard InChI is InChI=1S/C23H32N4O2/c1-26-21(13-20(25-26)22-8-5-11-29-22)19-15-27-10-9-17(19)12-18(27)14-24-23(28)16-6-3-2-4-7-16/h5,8,11,13,16-19H,2-4,6-7,9-10,12,14-15H2,1H3,(H,24,28)/t17-,18+,19-/m0/s1. The molecule has 4 aliphatic rings. The number of amides is 1. The number of hydrogen-bond donors (Lipinski definition) is 1. The minimum Gasteiger partial charge on any atom is -0.463 e. The smallest absolute Gasteiger partial charge is 0.223 e. The van der Waals surface area contributed by atoms with E-state index in [1.165, 1.54) is 31.4 Å². The summed E-state index contributed by atoms with van der Waals surface area (Å²) in [6.45, 7) is 3.02. The van der Waals surface area contributed by atoms with Gasteiger partial charge in [-0.1, -0.05) is 19.3 Å². The highest BCUT2D eigenvalue weighted by atomic mass is 16.3. The van der Waals surface area contributed by atoms with E-state index < -0.39 is 0 Å². The first-order valence-corrected chi connectivity index (χ1v) is 11.3. The van der Waals surface area contributed by atoms with E-state index in [-0.39, 0.29) is 5.92 Å². The second-order valence-corrected chi connectivity index (χ2v) is 9.18. The van der Waals surface area contributed by atoms with E-state index >= 15 is 0 Å². The monoisotopic (exact) mass is 396 g/mol. The minimum absolute atomic E-state index is 0.252. The summed E-state index contributed by atoms with van der Waals surface area (Å²) >= 11 is 0. The van der Waals surface area contributed by atoms with Gasteiger partial charge in [0.1, 0.15) is 5.69 Å². The average molecular weight is 397 g/mol. The molecule has 1 N–H and O–H groups in total. The predicted octanol–water partition coefficient (Wildman–Crippen LogP) is 3.55. The van der Waals surface area contributed by atoms with E-state index in [1.54, 1.807) is 6.26 Å². The van der Waals surface area contributed by atoms with Crippen molar-refractivity contribution in [3.8, 4) is 11.5 Å². The van der Waals surface area contributed by atoms with E-state index in [9.17, 15) is 4.79 Å². The Labute approximate surface area is 172 Å². The predicted molar refractivity (Wildman–Crippen MR) is 111 cm³/mol. The van der Waals surface area contributed by atoms with Gasteiger partial charge in [0.25, 0.3) is 0 Å². The molecule has 156 valence electrons.